The van der Waals surface area contributed by atoms with Crippen molar-refractivity contribution in [1.82, 2.24) is 4.90 Å². The van der Waals surface area contributed by atoms with Gasteiger partial charge in [-0.2, -0.15) is 0 Å². The molecule has 0 radical (unpaired) electrons. The number of carbonyl (C=O) groups is 2. The Labute approximate surface area is 290 Å². The number of amides is 1. The van der Waals surface area contributed by atoms with Gasteiger partial charge in [-0.15, -0.1) is 0 Å². The SMILES string of the molecule is CCOC(=O)c1oc2ccc(S(=O)(=O)N(CC)c3cc(N4CCCC4)ccc3CN(Cc3ccco3)C(=O)c3ccccc3Cl)cc2c1C. The molecule has 2 aromatic heterocycles. The first-order chi connectivity index (χ1) is 23.6. The molecule has 0 unspecified atom stereocenters. The van der Waals surface area contributed by atoms with Crippen LogP contribution in [0.4, 0.5) is 11.4 Å². The molecule has 0 atom stereocenters. The smallest absolute Gasteiger partial charge is 0.374 e. The van der Waals surface area contributed by atoms with Crippen molar-refractivity contribution in [1.29, 1.82) is 0 Å². The monoisotopic (exact) mass is 703 g/mol. The van der Waals surface area contributed by atoms with Gasteiger partial charge in [0.2, 0.25) is 5.76 Å². The first-order valence-electron chi connectivity index (χ1n) is 16.3. The molecule has 3 heterocycles. The molecule has 1 fully saturated rings. The number of rotatable bonds is 12. The Morgan fingerprint density at radius 2 is 1.73 bits per heavy atom. The van der Waals surface area contributed by atoms with Gasteiger partial charge in [-0.3, -0.25) is 9.10 Å². The second-order valence-corrected chi connectivity index (χ2v) is 14.1. The molecular weight excluding hydrogens is 666 g/mol. The second-order valence-electron chi connectivity index (χ2n) is 11.8. The van der Waals surface area contributed by atoms with Crippen molar-refractivity contribution < 1.29 is 31.6 Å². The fourth-order valence-corrected chi connectivity index (χ4v) is 7.99. The van der Waals surface area contributed by atoms with Gasteiger partial charge in [0.15, 0.2) is 0 Å². The summed E-state index contributed by atoms with van der Waals surface area (Å²) in [6.07, 6.45) is 3.64. The van der Waals surface area contributed by atoms with Crippen LogP contribution in [0.15, 0.2) is 92.8 Å². The zero-order valence-corrected chi connectivity index (χ0v) is 29.2. The largest absolute Gasteiger partial charge is 0.467 e. The van der Waals surface area contributed by atoms with Crippen molar-refractivity contribution in [2.75, 3.05) is 35.4 Å². The maximum Gasteiger partial charge on any atom is 0.374 e. The van der Waals surface area contributed by atoms with Crippen LogP contribution in [0.2, 0.25) is 5.02 Å². The minimum atomic E-state index is -4.15. The zero-order chi connectivity index (χ0) is 34.7. The van der Waals surface area contributed by atoms with Gasteiger partial charge in [-0.25, -0.2) is 13.2 Å². The fraction of sp³-hybridized carbons (Fsp3) is 0.297. The number of aryl methyl sites for hydroxylation is 1. The summed E-state index contributed by atoms with van der Waals surface area (Å²) in [6.45, 7) is 7.44. The van der Waals surface area contributed by atoms with Crippen molar-refractivity contribution in [2.24, 2.45) is 0 Å². The second kappa shape index (κ2) is 14.4. The highest BCUT2D eigenvalue weighted by Gasteiger charge is 2.30. The number of halogens is 1. The summed E-state index contributed by atoms with van der Waals surface area (Å²) < 4.78 is 47.0. The third-order valence-electron chi connectivity index (χ3n) is 8.73. The van der Waals surface area contributed by atoms with E-state index in [0.717, 1.165) is 31.6 Å². The number of esters is 1. The average Bonchev–Trinajstić information content (AvgIpc) is 3.88. The van der Waals surface area contributed by atoms with Gasteiger partial charge in [-0.1, -0.05) is 29.8 Å². The maximum absolute atomic E-state index is 14.6. The molecule has 0 aliphatic carbocycles. The highest BCUT2D eigenvalue weighted by molar-refractivity contribution is 7.92. The lowest BCUT2D eigenvalue weighted by Crippen LogP contribution is -2.34. The number of nitrogens with zero attached hydrogens (tertiary/aromatic N) is 3. The summed E-state index contributed by atoms with van der Waals surface area (Å²) in [6, 6.07) is 20.7. The van der Waals surface area contributed by atoms with Crippen LogP contribution in [0.5, 0.6) is 0 Å². The Balaban J connectivity index is 1.43. The van der Waals surface area contributed by atoms with Gasteiger partial charge in [0, 0.05) is 42.8 Å². The Hall–Kier alpha value is -4.74. The molecular formula is C37H38ClN3O7S. The van der Waals surface area contributed by atoms with Crippen LogP contribution in [0.3, 0.4) is 0 Å². The lowest BCUT2D eigenvalue weighted by Gasteiger charge is -2.30. The average molecular weight is 704 g/mol. The van der Waals surface area contributed by atoms with Crippen molar-refractivity contribution >= 4 is 55.8 Å². The molecule has 10 nitrogen and oxygen atoms in total. The summed E-state index contributed by atoms with van der Waals surface area (Å²) in [7, 11) is -4.15. The van der Waals surface area contributed by atoms with E-state index in [2.05, 4.69) is 4.90 Å². The number of hydrogen-bond donors (Lipinski definition) is 0. The van der Waals surface area contributed by atoms with Crippen molar-refractivity contribution in [2.45, 2.75) is 51.6 Å². The van der Waals surface area contributed by atoms with E-state index in [1.54, 1.807) is 74.4 Å². The Morgan fingerprint density at radius 3 is 2.43 bits per heavy atom. The quantitative estimate of drug-likeness (QED) is 0.121. The first-order valence-corrected chi connectivity index (χ1v) is 18.1. The van der Waals surface area contributed by atoms with E-state index in [1.807, 2.05) is 18.2 Å². The maximum atomic E-state index is 14.6. The van der Waals surface area contributed by atoms with Gasteiger partial charge in [0.05, 0.1) is 40.6 Å². The van der Waals surface area contributed by atoms with E-state index in [9.17, 15) is 18.0 Å². The number of carbonyl (C=O) groups excluding carboxylic acids is 2. The molecule has 0 spiro atoms. The van der Waals surface area contributed by atoms with Crippen LogP contribution in [0.1, 0.15) is 64.5 Å². The predicted octanol–water partition coefficient (Wildman–Crippen LogP) is 7.82. The number of fused-ring (bicyclic) bond motifs is 1. The van der Waals surface area contributed by atoms with Crippen LogP contribution in [0, 0.1) is 6.92 Å². The van der Waals surface area contributed by atoms with Crippen LogP contribution >= 0.6 is 11.6 Å². The van der Waals surface area contributed by atoms with Crippen LogP contribution < -0.4 is 9.21 Å². The van der Waals surface area contributed by atoms with Crippen LogP contribution in [0.25, 0.3) is 11.0 Å². The van der Waals surface area contributed by atoms with E-state index in [4.69, 9.17) is 25.2 Å². The number of furan rings is 2. The van der Waals surface area contributed by atoms with Crippen molar-refractivity contribution in [3.63, 3.8) is 0 Å². The summed E-state index contributed by atoms with van der Waals surface area (Å²) in [5.41, 5.74) is 3.20. The van der Waals surface area contributed by atoms with Gasteiger partial charge in [-0.05, 0) is 93.8 Å². The first kappa shape index (κ1) is 34.1. The predicted molar refractivity (Wildman–Crippen MR) is 189 cm³/mol. The number of anilines is 2. The Bertz CT molecular complexity index is 2090. The normalized spacial score (nSPS) is 13.2. The molecule has 256 valence electrons. The van der Waals surface area contributed by atoms with Crippen molar-refractivity contribution in [3.05, 3.63) is 112 Å². The number of hydrogen-bond acceptors (Lipinski definition) is 8. The number of benzene rings is 3. The van der Waals surface area contributed by atoms with Gasteiger partial charge in [0.1, 0.15) is 11.3 Å². The van der Waals surface area contributed by atoms with Crippen molar-refractivity contribution in [3.8, 4) is 0 Å². The standard InChI is InChI=1S/C37H38ClN3O7S/c1-4-41(49(44,45)29-16-17-34-31(22-29)25(3)35(48-34)37(43)46-5-2)33-21-27(39-18-8-9-19-39)15-14-26(33)23-40(24-28-11-10-20-47-28)36(42)30-12-6-7-13-32(30)38/h6-7,10-17,20-22H,4-5,8-9,18-19,23-24H2,1-3H3. The molecule has 12 heteroatoms. The molecule has 6 rings (SSSR count). The minimum Gasteiger partial charge on any atom is -0.467 e. The topological polar surface area (TPSA) is 114 Å². The van der Waals surface area contributed by atoms with Gasteiger partial charge in [0.25, 0.3) is 15.9 Å². The van der Waals surface area contributed by atoms with E-state index >= 15 is 0 Å². The molecule has 5 aromatic rings. The minimum absolute atomic E-state index is 0.0401. The highest BCUT2D eigenvalue weighted by atomic mass is 35.5. The van der Waals surface area contributed by atoms with Gasteiger partial charge < -0.3 is 23.4 Å². The Morgan fingerprint density at radius 1 is 0.959 bits per heavy atom. The summed E-state index contributed by atoms with van der Waals surface area (Å²) in [5, 5.41) is 0.816. The molecule has 1 aliphatic rings. The molecule has 0 N–H and O–H groups in total. The fourth-order valence-electron chi connectivity index (χ4n) is 6.24. The lowest BCUT2D eigenvalue weighted by molar-refractivity contribution is 0.0491. The van der Waals surface area contributed by atoms with E-state index in [0.29, 0.717) is 44.1 Å². The third-order valence-corrected chi connectivity index (χ3v) is 10.9. The summed E-state index contributed by atoms with van der Waals surface area (Å²) >= 11 is 6.46. The zero-order valence-electron chi connectivity index (χ0n) is 27.6. The Kier molecular flexibility index (Phi) is 10.0. The number of sulfonamides is 1. The molecule has 1 saturated heterocycles. The molecule has 0 saturated carbocycles. The summed E-state index contributed by atoms with van der Waals surface area (Å²) in [5.74, 6) is -0.314. The molecule has 1 amide bonds. The number of ether oxygens (including phenoxy) is 1. The molecule has 1 aliphatic heterocycles. The highest BCUT2D eigenvalue weighted by Crippen LogP contribution is 2.36. The van der Waals surface area contributed by atoms with E-state index in [-0.39, 0.29) is 42.8 Å². The van der Waals surface area contributed by atoms with E-state index < -0.39 is 16.0 Å². The van der Waals surface area contributed by atoms with Gasteiger partial charge >= 0.3 is 5.97 Å². The molecule has 49 heavy (non-hydrogen) atoms. The van der Waals surface area contributed by atoms with Crippen LogP contribution in [-0.2, 0) is 27.8 Å². The van der Waals surface area contributed by atoms with E-state index in [1.165, 1.54) is 16.4 Å². The lowest BCUT2D eigenvalue weighted by atomic mass is 10.1. The molecule has 0 bridgehead atoms. The summed E-state index contributed by atoms with van der Waals surface area (Å²) in [4.78, 5) is 30.4. The third kappa shape index (κ3) is 6.91. The van der Waals surface area contributed by atoms with Crippen LogP contribution in [-0.4, -0.2) is 51.4 Å². The molecule has 3 aromatic carbocycles.